The molecule has 0 aromatic heterocycles. The van der Waals surface area contributed by atoms with Crippen molar-refractivity contribution in [1.29, 1.82) is 0 Å². The molecule has 0 fully saturated rings. The van der Waals surface area contributed by atoms with Crippen LogP contribution in [0.3, 0.4) is 0 Å². The Labute approximate surface area is 112 Å². The molecule has 0 heterocycles. The topological polar surface area (TPSA) is 49.7 Å². The van der Waals surface area contributed by atoms with Crippen molar-refractivity contribution in [2.75, 3.05) is 0 Å². The van der Waals surface area contributed by atoms with Gasteiger partial charge in [-0.1, -0.05) is 65.8 Å². The summed E-state index contributed by atoms with van der Waals surface area (Å²) < 4.78 is 0. The standard InChI is InChI=1S/C16H15NO2/c18-15(11-13-7-3-1-4-8-13)12-16(17-19)14-9-5-2-6-10-14/h1-10,19H,11-12H2/b17-16+. The number of benzene rings is 2. The van der Waals surface area contributed by atoms with Crippen LogP contribution in [-0.2, 0) is 11.2 Å². The number of hydrogen-bond donors (Lipinski definition) is 1. The second-order valence-electron chi connectivity index (χ2n) is 4.29. The molecule has 0 aliphatic carbocycles. The minimum Gasteiger partial charge on any atom is -0.411 e. The van der Waals surface area contributed by atoms with Gasteiger partial charge in [0, 0.05) is 6.42 Å². The monoisotopic (exact) mass is 253 g/mol. The molecule has 0 aliphatic heterocycles. The Morgan fingerprint density at radius 1 is 0.947 bits per heavy atom. The van der Waals surface area contributed by atoms with E-state index in [1.165, 1.54) is 0 Å². The molecule has 0 unspecified atom stereocenters. The van der Waals surface area contributed by atoms with Crippen molar-refractivity contribution < 1.29 is 10.0 Å². The van der Waals surface area contributed by atoms with E-state index in [1.807, 2.05) is 60.7 Å². The summed E-state index contributed by atoms with van der Waals surface area (Å²) in [4.78, 5) is 12.0. The number of ketones is 1. The molecule has 96 valence electrons. The van der Waals surface area contributed by atoms with Gasteiger partial charge in [-0.2, -0.15) is 0 Å². The van der Waals surface area contributed by atoms with Crippen LogP contribution >= 0.6 is 0 Å². The van der Waals surface area contributed by atoms with Crippen molar-refractivity contribution in [2.24, 2.45) is 5.16 Å². The van der Waals surface area contributed by atoms with E-state index in [0.29, 0.717) is 12.1 Å². The summed E-state index contributed by atoms with van der Waals surface area (Å²) in [6.45, 7) is 0. The molecule has 2 aromatic rings. The number of hydrogen-bond acceptors (Lipinski definition) is 3. The third-order valence-corrected chi connectivity index (χ3v) is 2.84. The van der Waals surface area contributed by atoms with Crippen LogP contribution in [0.2, 0.25) is 0 Å². The Kier molecular flexibility index (Phi) is 4.45. The van der Waals surface area contributed by atoms with E-state index >= 15 is 0 Å². The maximum atomic E-state index is 12.0. The van der Waals surface area contributed by atoms with Crippen LogP contribution in [0.5, 0.6) is 0 Å². The molecule has 3 heteroatoms. The predicted octanol–water partition coefficient (Wildman–Crippen LogP) is 3.07. The zero-order valence-electron chi connectivity index (χ0n) is 10.5. The van der Waals surface area contributed by atoms with Crippen molar-refractivity contribution in [1.82, 2.24) is 0 Å². The van der Waals surface area contributed by atoms with Crippen LogP contribution in [0.1, 0.15) is 17.5 Å². The highest BCUT2D eigenvalue weighted by Gasteiger charge is 2.11. The Bertz CT molecular complexity index is 562. The molecule has 0 spiro atoms. The predicted molar refractivity (Wildman–Crippen MR) is 74.5 cm³/mol. The van der Waals surface area contributed by atoms with Gasteiger partial charge < -0.3 is 5.21 Å². The van der Waals surface area contributed by atoms with Crippen LogP contribution in [0, 0.1) is 0 Å². The van der Waals surface area contributed by atoms with Gasteiger partial charge in [0.05, 0.1) is 12.1 Å². The van der Waals surface area contributed by atoms with Gasteiger partial charge in [0.1, 0.15) is 5.78 Å². The smallest absolute Gasteiger partial charge is 0.143 e. The Hall–Kier alpha value is -2.42. The molecule has 0 atom stereocenters. The van der Waals surface area contributed by atoms with E-state index < -0.39 is 0 Å². The largest absolute Gasteiger partial charge is 0.411 e. The Morgan fingerprint density at radius 2 is 1.53 bits per heavy atom. The molecule has 0 saturated heterocycles. The first-order valence-corrected chi connectivity index (χ1v) is 6.11. The maximum absolute atomic E-state index is 12.0. The second-order valence-corrected chi connectivity index (χ2v) is 4.29. The molecule has 3 nitrogen and oxygen atoms in total. The van der Waals surface area contributed by atoms with Gasteiger partial charge >= 0.3 is 0 Å². The van der Waals surface area contributed by atoms with Gasteiger partial charge in [-0.3, -0.25) is 4.79 Å². The minimum absolute atomic E-state index is 0.0304. The quantitative estimate of drug-likeness (QED) is 0.506. The molecule has 0 saturated carbocycles. The zero-order valence-corrected chi connectivity index (χ0v) is 10.5. The Balaban J connectivity index is 2.02. The number of rotatable bonds is 5. The number of Topliss-reactive ketones (excluding diaryl/α,β-unsaturated/α-hetero) is 1. The van der Waals surface area contributed by atoms with E-state index in [0.717, 1.165) is 11.1 Å². The first kappa shape index (κ1) is 13.0. The summed E-state index contributed by atoms with van der Waals surface area (Å²) in [5.74, 6) is 0.0304. The summed E-state index contributed by atoms with van der Waals surface area (Å²) in [7, 11) is 0. The molecule has 1 N–H and O–H groups in total. The molecule has 2 aromatic carbocycles. The third kappa shape index (κ3) is 3.78. The highest BCUT2D eigenvalue weighted by atomic mass is 16.4. The SMILES string of the molecule is O=C(C/C(=N\O)c1ccccc1)Cc1ccccc1. The van der Waals surface area contributed by atoms with Crippen molar-refractivity contribution in [3.63, 3.8) is 0 Å². The van der Waals surface area contributed by atoms with Crippen LogP contribution in [-0.4, -0.2) is 16.7 Å². The van der Waals surface area contributed by atoms with Crippen LogP contribution in [0.4, 0.5) is 0 Å². The molecule has 0 radical (unpaired) electrons. The highest BCUT2D eigenvalue weighted by molar-refractivity contribution is 6.11. The molecule has 2 rings (SSSR count). The second kappa shape index (κ2) is 6.50. The minimum atomic E-state index is 0.0304. The number of nitrogens with zero attached hydrogens (tertiary/aromatic N) is 1. The molecular formula is C16H15NO2. The van der Waals surface area contributed by atoms with Crippen LogP contribution in [0.15, 0.2) is 65.8 Å². The normalized spacial score (nSPS) is 11.3. The molecular weight excluding hydrogens is 238 g/mol. The average molecular weight is 253 g/mol. The lowest BCUT2D eigenvalue weighted by Crippen LogP contribution is -2.11. The fraction of sp³-hybridized carbons (Fsp3) is 0.125. The lowest BCUT2D eigenvalue weighted by Gasteiger charge is -2.04. The average Bonchev–Trinajstić information content (AvgIpc) is 2.47. The van der Waals surface area contributed by atoms with E-state index in [4.69, 9.17) is 5.21 Å². The maximum Gasteiger partial charge on any atom is 0.143 e. The fourth-order valence-electron chi connectivity index (χ4n) is 1.90. The number of carbonyl (C=O) groups excluding carboxylic acids is 1. The van der Waals surface area contributed by atoms with Crippen molar-refractivity contribution in [2.45, 2.75) is 12.8 Å². The molecule has 19 heavy (non-hydrogen) atoms. The Morgan fingerprint density at radius 3 is 2.11 bits per heavy atom. The van der Waals surface area contributed by atoms with Gasteiger partial charge in [0.15, 0.2) is 0 Å². The molecule has 0 aliphatic rings. The summed E-state index contributed by atoms with van der Waals surface area (Å²) in [5.41, 5.74) is 2.14. The van der Waals surface area contributed by atoms with Gasteiger partial charge in [0.2, 0.25) is 0 Å². The van der Waals surface area contributed by atoms with E-state index in [2.05, 4.69) is 5.16 Å². The van der Waals surface area contributed by atoms with Crippen molar-refractivity contribution in [3.8, 4) is 0 Å². The van der Waals surface area contributed by atoms with E-state index in [-0.39, 0.29) is 12.2 Å². The number of carbonyl (C=O) groups is 1. The lowest BCUT2D eigenvalue weighted by molar-refractivity contribution is -0.117. The lowest BCUT2D eigenvalue weighted by atomic mass is 10.0. The number of oxime groups is 1. The van der Waals surface area contributed by atoms with E-state index in [9.17, 15) is 4.79 Å². The summed E-state index contributed by atoms with van der Waals surface area (Å²) in [6.07, 6.45) is 0.488. The zero-order chi connectivity index (χ0) is 13.5. The molecule has 0 bridgehead atoms. The fourth-order valence-corrected chi connectivity index (χ4v) is 1.90. The van der Waals surface area contributed by atoms with Crippen LogP contribution in [0.25, 0.3) is 0 Å². The van der Waals surface area contributed by atoms with Crippen LogP contribution < -0.4 is 0 Å². The third-order valence-electron chi connectivity index (χ3n) is 2.84. The highest BCUT2D eigenvalue weighted by Crippen LogP contribution is 2.08. The summed E-state index contributed by atoms with van der Waals surface area (Å²) in [6, 6.07) is 18.8. The van der Waals surface area contributed by atoms with Gasteiger partial charge in [-0.25, -0.2) is 0 Å². The van der Waals surface area contributed by atoms with E-state index in [1.54, 1.807) is 0 Å². The first-order valence-electron chi connectivity index (χ1n) is 6.11. The summed E-state index contributed by atoms with van der Waals surface area (Å²) in [5, 5.41) is 12.3. The van der Waals surface area contributed by atoms with Gasteiger partial charge in [0.25, 0.3) is 0 Å². The van der Waals surface area contributed by atoms with Gasteiger partial charge in [-0.15, -0.1) is 0 Å². The summed E-state index contributed by atoms with van der Waals surface area (Å²) >= 11 is 0. The molecule has 0 amide bonds. The van der Waals surface area contributed by atoms with Crippen molar-refractivity contribution in [3.05, 3.63) is 71.8 Å². The van der Waals surface area contributed by atoms with Gasteiger partial charge in [-0.05, 0) is 11.1 Å². The first-order chi connectivity index (χ1) is 9.29. The van der Waals surface area contributed by atoms with Crippen molar-refractivity contribution >= 4 is 11.5 Å².